The van der Waals surface area contributed by atoms with Crippen molar-refractivity contribution in [3.63, 3.8) is 0 Å². The Morgan fingerprint density at radius 2 is 2.06 bits per heavy atom. The van der Waals surface area contributed by atoms with E-state index in [1.165, 1.54) is 21.7 Å². The van der Waals surface area contributed by atoms with E-state index in [-0.39, 0.29) is 0 Å². The summed E-state index contributed by atoms with van der Waals surface area (Å²) in [7, 11) is 0. The van der Waals surface area contributed by atoms with Crippen molar-refractivity contribution in [1.82, 2.24) is 4.98 Å². The molecule has 1 aromatic heterocycles. The number of aromatic nitrogens is 1. The minimum atomic E-state index is 0.827. The second-order valence-electron chi connectivity index (χ2n) is 4.14. The Labute approximate surface area is 114 Å². The van der Waals surface area contributed by atoms with Gasteiger partial charge in [-0.05, 0) is 53.9 Å². The van der Waals surface area contributed by atoms with Crippen LogP contribution in [0.5, 0.6) is 0 Å². The molecule has 2 nitrogen and oxygen atoms in total. The molecule has 0 atom stereocenters. The summed E-state index contributed by atoms with van der Waals surface area (Å²) in [6.45, 7) is 7.08. The lowest BCUT2D eigenvalue weighted by molar-refractivity contribution is 1.15. The fourth-order valence-corrected chi connectivity index (χ4v) is 3.35. The third kappa shape index (κ3) is 3.07. The number of nitrogens with zero attached hydrogens (tertiary/aromatic N) is 1. The van der Waals surface area contributed by atoms with E-state index in [0.29, 0.717) is 0 Å². The molecule has 2 rings (SSSR count). The standard InChI is InChI=1S/C13H15BrN2S/c1-8-4-9(2)13(12(14)5-8)16-7-11-6-15-10(3)17-11/h4-6,16H,7H2,1-3H3. The number of nitrogens with one attached hydrogen (secondary N) is 1. The van der Waals surface area contributed by atoms with E-state index in [1.807, 2.05) is 13.1 Å². The van der Waals surface area contributed by atoms with Crippen molar-refractivity contribution in [1.29, 1.82) is 0 Å². The molecule has 1 N–H and O–H groups in total. The molecular weight excluding hydrogens is 296 g/mol. The molecule has 17 heavy (non-hydrogen) atoms. The third-order valence-electron chi connectivity index (χ3n) is 2.54. The Bertz CT molecular complexity index is 511. The van der Waals surface area contributed by atoms with Crippen LogP contribution in [0, 0.1) is 20.8 Å². The van der Waals surface area contributed by atoms with E-state index in [4.69, 9.17) is 0 Å². The SMILES string of the molecule is Cc1cc(C)c(NCc2cnc(C)s2)c(Br)c1. The predicted molar refractivity (Wildman–Crippen MR) is 77.8 cm³/mol. The highest BCUT2D eigenvalue weighted by molar-refractivity contribution is 9.10. The van der Waals surface area contributed by atoms with Crippen LogP contribution in [0.3, 0.4) is 0 Å². The number of benzene rings is 1. The summed E-state index contributed by atoms with van der Waals surface area (Å²) in [5.41, 5.74) is 3.70. The molecule has 0 radical (unpaired) electrons. The number of hydrogen-bond acceptors (Lipinski definition) is 3. The van der Waals surface area contributed by atoms with Gasteiger partial charge in [0, 0.05) is 15.5 Å². The van der Waals surface area contributed by atoms with Crippen molar-refractivity contribution in [3.8, 4) is 0 Å². The normalized spacial score (nSPS) is 10.6. The molecule has 0 aliphatic rings. The van der Waals surface area contributed by atoms with E-state index < -0.39 is 0 Å². The van der Waals surface area contributed by atoms with Gasteiger partial charge in [-0.25, -0.2) is 4.98 Å². The molecule has 0 aliphatic carbocycles. The van der Waals surface area contributed by atoms with Gasteiger partial charge in [-0.2, -0.15) is 0 Å². The van der Waals surface area contributed by atoms with Gasteiger partial charge in [0.25, 0.3) is 0 Å². The highest BCUT2D eigenvalue weighted by atomic mass is 79.9. The molecule has 1 heterocycles. The lowest BCUT2D eigenvalue weighted by atomic mass is 10.1. The maximum atomic E-state index is 4.25. The van der Waals surface area contributed by atoms with Crippen LogP contribution in [-0.2, 0) is 6.54 Å². The molecule has 0 bridgehead atoms. The molecule has 0 spiro atoms. The highest BCUT2D eigenvalue weighted by Gasteiger charge is 2.05. The number of halogens is 1. The van der Waals surface area contributed by atoms with Crippen molar-refractivity contribution in [2.24, 2.45) is 0 Å². The van der Waals surface area contributed by atoms with Gasteiger partial charge in [0.2, 0.25) is 0 Å². The first kappa shape index (κ1) is 12.6. The van der Waals surface area contributed by atoms with E-state index >= 15 is 0 Å². The van der Waals surface area contributed by atoms with Crippen LogP contribution >= 0.6 is 27.3 Å². The Hall–Kier alpha value is -0.870. The lowest BCUT2D eigenvalue weighted by Gasteiger charge is -2.11. The molecule has 0 unspecified atom stereocenters. The van der Waals surface area contributed by atoms with Crippen molar-refractivity contribution >= 4 is 33.0 Å². The molecule has 0 saturated carbocycles. The minimum absolute atomic E-state index is 0.827. The Kier molecular flexibility index (Phi) is 3.84. The van der Waals surface area contributed by atoms with Gasteiger partial charge >= 0.3 is 0 Å². The predicted octanol–water partition coefficient (Wildman–Crippen LogP) is 4.44. The second kappa shape index (κ2) is 5.19. The van der Waals surface area contributed by atoms with Crippen LogP contribution in [0.25, 0.3) is 0 Å². The molecule has 2 aromatic rings. The summed E-state index contributed by atoms with van der Waals surface area (Å²) in [5, 5.41) is 4.57. The van der Waals surface area contributed by atoms with Gasteiger partial charge in [0.1, 0.15) is 0 Å². The topological polar surface area (TPSA) is 24.9 Å². The summed E-state index contributed by atoms with van der Waals surface area (Å²) in [6, 6.07) is 4.32. The first-order valence-corrected chi connectivity index (χ1v) is 7.09. The zero-order chi connectivity index (χ0) is 12.4. The number of rotatable bonds is 3. The summed E-state index contributed by atoms with van der Waals surface area (Å²) in [5.74, 6) is 0. The van der Waals surface area contributed by atoms with Crippen LogP contribution in [0.15, 0.2) is 22.8 Å². The highest BCUT2D eigenvalue weighted by Crippen LogP contribution is 2.28. The molecule has 1 aromatic carbocycles. The Morgan fingerprint density at radius 3 is 2.65 bits per heavy atom. The van der Waals surface area contributed by atoms with Gasteiger partial charge in [-0.15, -0.1) is 11.3 Å². The van der Waals surface area contributed by atoms with Crippen LogP contribution in [0.2, 0.25) is 0 Å². The van der Waals surface area contributed by atoms with Gasteiger partial charge < -0.3 is 5.32 Å². The Morgan fingerprint density at radius 1 is 1.29 bits per heavy atom. The van der Waals surface area contributed by atoms with E-state index in [2.05, 4.69) is 52.2 Å². The van der Waals surface area contributed by atoms with Gasteiger partial charge in [0.15, 0.2) is 0 Å². The zero-order valence-electron chi connectivity index (χ0n) is 10.2. The number of hydrogen-bond donors (Lipinski definition) is 1. The summed E-state index contributed by atoms with van der Waals surface area (Å²) in [6.07, 6.45) is 1.93. The van der Waals surface area contributed by atoms with E-state index in [1.54, 1.807) is 11.3 Å². The molecule has 0 aliphatic heterocycles. The van der Waals surface area contributed by atoms with Crippen LogP contribution in [0.1, 0.15) is 21.0 Å². The molecule has 0 fully saturated rings. The van der Waals surface area contributed by atoms with Crippen molar-refractivity contribution in [3.05, 3.63) is 43.8 Å². The fourth-order valence-electron chi connectivity index (χ4n) is 1.80. The van der Waals surface area contributed by atoms with Crippen LogP contribution < -0.4 is 5.32 Å². The average molecular weight is 311 g/mol. The quantitative estimate of drug-likeness (QED) is 0.906. The minimum Gasteiger partial charge on any atom is -0.379 e. The van der Waals surface area contributed by atoms with Crippen molar-refractivity contribution in [2.75, 3.05) is 5.32 Å². The average Bonchev–Trinajstić information content (AvgIpc) is 2.62. The summed E-state index contributed by atoms with van der Waals surface area (Å²) >= 11 is 5.33. The van der Waals surface area contributed by atoms with Gasteiger partial charge in [0.05, 0.1) is 17.2 Å². The monoisotopic (exact) mass is 310 g/mol. The van der Waals surface area contributed by atoms with Crippen LogP contribution in [0.4, 0.5) is 5.69 Å². The third-order valence-corrected chi connectivity index (χ3v) is 4.08. The summed E-state index contributed by atoms with van der Waals surface area (Å²) < 4.78 is 1.12. The largest absolute Gasteiger partial charge is 0.379 e. The van der Waals surface area contributed by atoms with Gasteiger partial charge in [-0.3, -0.25) is 0 Å². The van der Waals surface area contributed by atoms with Crippen molar-refractivity contribution in [2.45, 2.75) is 27.3 Å². The second-order valence-corrected chi connectivity index (χ2v) is 6.31. The molecular formula is C13H15BrN2S. The molecule has 0 amide bonds. The summed E-state index contributed by atoms with van der Waals surface area (Å²) in [4.78, 5) is 5.51. The maximum absolute atomic E-state index is 4.25. The Balaban J connectivity index is 2.14. The van der Waals surface area contributed by atoms with E-state index in [9.17, 15) is 0 Å². The zero-order valence-corrected chi connectivity index (χ0v) is 12.6. The first-order chi connectivity index (χ1) is 8.06. The molecule has 0 saturated heterocycles. The molecule has 90 valence electrons. The fraction of sp³-hybridized carbons (Fsp3) is 0.308. The smallest absolute Gasteiger partial charge is 0.0897 e. The van der Waals surface area contributed by atoms with E-state index in [0.717, 1.165) is 16.0 Å². The first-order valence-electron chi connectivity index (χ1n) is 5.48. The number of aryl methyl sites for hydroxylation is 3. The van der Waals surface area contributed by atoms with Crippen LogP contribution in [-0.4, -0.2) is 4.98 Å². The van der Waals surface area contributed by atoms with Gasteiger partial charge in [-0.1, -0.05) is 6.07 Å². The van der Waals surface area contributed by atoms with Crippen molar-refractivity contribution < 1.29 is 0 Å². The molecule has 4 heteroatoms. The number of thiazole rings is 1. The number of anilines is 1. The maximum Gasteiger partial charge on any atom is 0.0897 e. The lowest BCUT2D eigenvalue weighted by Crippen LogP contribution is -2.00.